The van der Waals surface area contributed by atoms with Crippen molar-refractivity contribution in [2.45, 2.75) is 63.5 Å². The maximum absolute atomic E-state index is 11.4. The predicted octanol–water partition coefficient (Wildman–Crippen LogP) is 2.62. The van der Waals surface area contributed by atoms with Gasteiger partial charge >= 0.3 is 0 Å². The van der Waals surface area contributed by atoms with Gasteiger partial charge in [-0.2, -0.15) is 0 Å². The van der Waals surface area contributed by atoms with Crippen molar-refractivity contribution in [1.82, 2.24) is 5.32 Å². The summed E-state index contributed by atoms with van der Waals surface area (Å²) in [6.07, 6.45) is 8.42. The monoisotopic (exact) mass is 332 g/mol. The van der Waals surface area contributed by atoms with E-state index < -0.39 is 6.10 Å². The van der Waals surface area contributed by atoms with Gasteiger partial charge in [0.05, 0.1) is 0 Å². The van der Waals surface area contributed by atoms with Crippen LogP contribution in [0.4, 0.5) is 5.69 Å². The second-order valence-electron chi connectivity index (χ2n) is 6.93. The molecule has 0 radical (unpaired) electrons. The van der Waals surface area contributed by atoms with E-state index in [1.807, 2.05) is 18.2 Å². The molecule has 0 bridgehead atoms. The number of rotatable bonds is 6. The third-order valence-electron chi connectivity index (χ3n) is 4.91. The van der Waals surface area contributed by atoms with E-state index in [9.17, 15) is 9.90 Å². The van der Waals surface area contributed by atoms with Crippen LogP contribution in [0.3, 0.4) is 0 Å². The first-order valence-corrected chi connectivity index (χ1v) is 9.18. The van der Waals surface area contributed by atoms with Gasteiger partial charge in [0, 0.05) is 24.7 Å². The number of fused-ring (bicyclic) bond motifs is 1. The first-order valence-electron chi connectivity index (χ1n) is 9.18. The Bertz CT molecular complexity index is 554. The second-order valence-corrected chi connectivity index (χ2v) is 6.93. The van der Waals surface area contributed by atoms with Gasteiger partial charge in [0.2, 0.25) is 5.91 Å². The Kier molecular flexibility index (Phi) is 6.10. The van der Waals surface area contributed by atoms with Gasteiger partial charge in [0.15, 0.2) is 0 Å². The minimum atomic E-state index is -0.510. The van der Waals surface area contributed by atoms with Crippen molar-refractivity contribution in [2.75, 3.05) is 18.5 Å². The quantitative estimate of drug-likeness (QED) is 0.700. The van der Waals surface area contributed by atoms with Gasteiger partial charge in [-0.15, -0.1) is 0 Å². The van der Waals surface area contributed by atoms with Gasteiger partial charge in [-0.3, -0.25) is 4.79 Å². The Balaban J connectivity index is 1.42. The molecular weight excluding hydrogens is 304 g/mol. The zero-order chi connectivity index (χ0) is 16.8. The highest BCUT2D eigenvalue weighted by molar-refractivity contribution is 5.93. The van der Waals surface area contributed by atoms with Crippen LogP contribution < -0.4 is 15.4 Å². The number of benzene rings is 1. The van der Waals surface area contributed by atoms with Crippen LogP contribution in [0.1, 0.15) is 50.5 Å². The smallest absolute Gasteiger partial charge is 0.224 e. The summed E-state index contributed by atoms with van der Waals surface area (Å²) in [5.41, 5.74) is 1.97. The molecule has 1 amide bonds. The summed E-state index contributed by atoms with van der Waals surface area (Å²) in [6, 6.07) is 6.21. The van der Waals surface area contributed by atoms with Crippen molar-refractivity contribution in [1.29, 1.82) is 0 Å². The lowest BCUT2D eigenvalue weighted by Gasteiger charge is -2.20. The van der Waals surface area contributed by atoms with Gasteiger partial charge in [-0.05, 0) is 43.0 Å². The number of nitrogens with one attached hydrogen (secondary N) is 2. The molecule has 1 aliphatic heterocycles. The molecule has 1 saturated carbocycles. The molecule has 1 aromatic rings. The summed E-state index contributed by atoms with van der Waals surface area (Å²) >= 11 is 0. The molecule has 5 heteroatoms. The Morgan fingerprint density at radius 2 is 2.00 bits per heavy atom. The van der Waals surface area contributed by atoms with Crippen LogP contribution in [0, 0.1) is 0 Å². The van der Waals surface area contributed by atoms with E-state index in [2.05, 4.69) is 10.6 Å². The Morgan fingerprint density at radius 1 is 1.21 bits per heavy atom. The lowest BCUT2D eigenvalue weighted by atomic mass is 10.0. The molecule has 0 saturated heterocycles. The van der Waals surface area contributed by atoms with Crippen LogP contribution in [0.2, 0.25) is 0 Å². The molecule has 1 aromatic carbocycles. The molecule has 2 aliphatic rings. The summed E-state index contributed by atoms with van der Waals surface area (Å²) in [5, 5.41) is 16.5. The molecule has 1 aliphatic carbocycles. The number of hydrogen-bond acceptors (Lipinski definition) is 4. The molecular formula is C19H28N2O3. The number of aliphatic hydroxyl groups is 1. The van der Waals surface area contributed by atoms with Crippen molar-refractivity contribution < 1.29 is 14.6 Å². The third-order valence-corrected chi connectivity index (χ3v) is 4.91. The topological polar surface area (TPSA) is 70.6 Å². The normalized spacial score (nSPS) is 20.0. The average Bonchev–Trinajstić information content (AvgIpc) is 2.87. The minimum absolute atomic E-state index is 0.0659. The standard InChI is InChI=1S/C19H28N2O3/c22-16(12-20-15-5-3-1-2-4-6-15)13-24-17-8-9-18-14(11-17)7-10-19(23)21-18/h8-9,11,15-16,20,22H,1-7,10,12-13H2,(H,21,23)/t16-/m1/s1. The fourth-order valence-electron chi connectivity index (χ4n) is 3.49. The molecule has 1 atom stereocenters. The number of aryl methyl sites for hydroxylation is 1. The van der Waals surface area contributed by atoms with Crippen molar-refractivity contribution in [3.05, 3.63) is 23.8 Å². The Morgan fingerprint density at radius 3 is 2.79 bits per heavy atom. The number of carbonyl (C=O) groups is 1. The van der Waals surface area contributed by atoms with Gasteiger partial charge < -0.3 is 20.5 Å². The van der Waals surface area contributed by atoms with E-state index in [-0.39, 0.29) is 12.5 Å². The van der Waals surface area contributed by atoms with E-state index in [0.29, 0.717) is 19.0 Å². The molecule has 0 spiro atoms. The molecule has 24 heavy (non-hydrogen) atoms. The lowest BCUT2D eigenvalue weighted by molar-refractivity contribution is -0.116. The van der Waals surface area contributed by atoms with Crippen molar-refractivity contribution in [2.24, 2.45) is 0 Å². The molecule has 5 nitrogen and oxygen atoms in total. The van der Waals surface area contributed by atoms with Crippen LogP contribution in [-0.2, 0) is 11.2 Å². The number of ether oxygens (including phenoxy) is 1. The van der Waals surface area contributed by atoms with Crippen LogP contribution in [-0.4, -0.2) is 36.3 Å². The third kappa shape index (κ3) is 4.95. The van der Waals surface area contributed by atoms with Gasteiger partial charge in [-0.25, -0.2) is 0 Å². The van der Waals surface area contributed by atoms with E-state index in [1.165, 1.54) is 38.5 Å². The highest BCUT2D eigenvalue weighted by Gasteiger charge is 2.16. The highest BCUT2D eigenvalue weighted by Crippen LogP contribution is 2.26. The van der Waals surface area contributed by atoms with Crippen molar-refractivity contribution >= 4 is 11.6 Å². The minimum Gasteiger partial charge on any atom is -0.491 e. The fraction of sp³-hybridized carbons (Fsp3) is 0.632. The molecule has 1 fully saturated rings. The molecule has 0 aromatic heterocycles. The summed E-state index contributed by atoms with van der Waals surface area (Å²) in [4.78, 5) is 11.4. The average molecular weight is 332 g/mol. The molecule has 132 valence electrons. The predicted molar refractivity (Wildman–Crippen MR) is 94.4 cm³/mol. The fourth-order valence-corrected chi connectivity index (χ4v) is 3.49. The number of hydrogen-bond donors (Lipinski definition) is 3. The zero-order valence-corrected chi connectivity index (χ0v) is 14.2. The Labute approximate surface area is 143 Å². The van der Waals surface area contributed by atoms with E-state index in [0.717, 1.165) is 23.4 Å². The maximum atomic E-state index is 11.4. The van der Waals surface area contributed by atoms with Crippen molar-refractivity contribution in [3.8, 4) is 5.75 Å². The van der Waals surface area contributed by atoms with Gasteiger partial charge in [-0.1, -0.05) is 25.7 Å². The second kappa shape index (κ2) is 8.49. The van der Waals surface area contributed by atoms with Crippen LogP contribution in [0.5, 0.6) is 5.75 Å². The summed E-state index contributed by atoms with van der Waals surface area (Å²) in [7, 11) is 0. The lowest BCUT2D eigenvalue weighted by Crippen LogP contribution is -2.37. The highest BCUT2D eigenvalue weighted by atomic mass is 16.5. The van der Waals surface area contributed by atoms with E-state index in [1.54, 1.807) is 0 Å². The Hall–Kier alpha value is -1.59. The molecule has 3 N–H and O–H groups in total. The molecule has 0 unspecified atom stereocenters. The van der Waals surface area contributed by atoms with Crippen molar-refractivity contribution in [3.63, 3.8) is 0 Å². The summed E-state index contributed by atoms with van der Waals surface area (Å²) in [6.45, 7) is 0.858. The summed E-state index contributed by atoms with van der Waals surface area (Å²) < 4.78 is 5.72. The van der Waals surface area contributed by atoms with Crippen LogP contribution in [0.25, 0.3) is 0 Å². The maximum Gasteiger partial charge on any atom is 0.224 e. The largest absolute Gasteiger partial charge is 0.491 e. The van der Waals surface area contributed by atoms with Crippen LogP contribution >= 0.6 is 0 Å². The number of carbonyl (C=O) groups excluding carboxylic acids is 1. The number of aliphatic hydroxyl groups excluding tert-OH is 1. The first-order chi connectivity index (χ1) is 11.7. The van der Waals surface area contributed by atoms with E-state index in [4.69, 9.17) is 4.74 Å². The number of anilines is 1. The zero-order valence-electron chi connectivity index (χ0n) is 14.2. The van der Waals surface area contributed by atoms with Gasteiger partial charge in [0.1, 0.15) is 18.5 Å². The first kappa shape index (κ1) is 17.2. The molecule has 3 rings (SSSR count). The SMILES string of the molecule is O=C1CCc2cc(OC[C@H](O)CNC3CCCCCC3)ccc2N1. The van der Waals surface area contributed by atoms with Gasteiger partial charge in [0.25, 0.3) is 0 Å². The number of amides is 1. The molecule has 1 heterocycles. The summed E-state index contributed by atoms with van der Waals surface area (Å²) in [5.74, 6) is 0.814. The van der Waals surface area contributed by atoms with E-state index >= 15 is 0 Å². The van der Waals surface area contributed by atoms with Crippen LogP contribution in [0.15, 0.2) is 18.2 Å².